The second-order valence-electron chi connectivity index (χ2n) is 4.73. The fraction of sp³-hybridized carbons (Fsp3) is 0.286. The van der Waals surface area contributed by atoms with E-state index in [1.165, 1.54) is 0 Å². The van der Waals surface area contributed by atoms with Crippen LogP contribution >= 0.6 is 15.9 Å². The molecule has 0 bridgehead atoms. The number of rotatable bonds is 2. The van der Waals surface area contributed by atoms with E-state index in [0.29, 0.717) is 30.4 Å². The number of aromatic nitrogens is 2. The van der Waals surface area contributed by atoms with E-state index in [9.17, 15) is 4.79 Å². The fourth-order valence-corrected chi connectivity index (χ4v) is 3.14. The van der Waals surface area contributed by atoms with E-state index < -0.39 is 5.97 Å². The smallest absolute Gasteiger partial charge is 0.356 e. The lowest BCUT2D eigenvalue weighted by atomic mass is 10.0. The number of carbonyl (C=O) groups is 1. The normalized spacial score (nSPS) is 13.3. The Morgan fingerprint density at radius 3 is 2.76 bits per heavy atom. The van der Waals surface area contributed by atoms with E-state index in [1.807, 2.05) is 13.0 Å². The number of hydrogen-bond donors (Lipinski definition) is 1. The Balaban J connectivity index is 2.21. The van der Waals surface area contributed by atoms with Crippen LogP contribution in [0.15, 0.2) is 16.6 Å². The maximum atomic E-state index is 11.1. The standard InChI is InChI=1S/C14H13BrN2O4/c1-7-12(10-6-9(14(18)19)16-17(10)2)8(15)5-11-13(7)21-4-3-20-11/h5-6H,3-4H2,1-2H3,(H,18,19). The topological polar surface area (TPSA) is 73.6 Å². The van der Waals surface area contributed by atoms with Crippen molar-refractivity contribution in [2.45, 2.75) is 6.92 Å². The SMILES string of the molecule is Cc1c2c(cc(Br)c1-c1cc(C(=O)O)nn1C)OCCO2. The number of halogens is 1. The van der Waals surface area contributed by atoms with Gasteiger partial charge in [0, 0.05) is 22.6 Å². The lowest BCUT2D eigenvalue weighted by Gasteiger charge is -2.22. The molecule has 2 heterocycles. The molecule has 0 aliphatic carbocycles. The molecule has 2 aromatic rings. The molecule has 0 saturated heterocycles. The first-order valence-electron chi connectivity index (χ1n) is 6.35. The predicted molar refractivity (Wildman–Crippen MR) is 79.0 cm³/mol. The van der Waals surface area contributed by atoms with E-state index in [1.54, 1.807) is 17.8 Å². The molecule has 1 aliphatic rings. The van der Waals surface area contributed by atoms with Gasteiger partial charge >= 0.3 is 5.97 Å². The third-order valence-electron chi connectivity index (χ3n) is 3.38. The zero-order chi connectivity index (χ0) is 15.1. The first kappa shape index (κ1) is 13.9. The molecule has 0 spiro atoms. The van der Waals surface area contributed by atoms with Gasteiger partial charge in [-0.2, -0.15) is 5.10 Å². The maximum Gasteiger partial charge on any atom is 0.356 e. The summed E-state index contributed by atoms with van der Waals surface area (Å²) in [5.41, 5.74) is 2.45. The monoisotopic (exact) mass is 352 g/mol. The Labute approximate surface area is 129 Å². The van der Waals surface area contributed by atoms with Crippen LogP contribution < -0.4 is 9.47 Å². The molecule has 3 rings (SSSR count). The fourth-order valence-electron chi connectivity index (χ4n) is 2.43. The van der Waals surface area contributed by atoms with Gasteiger partial charge in [-0.05, 0) is 35.0 Å². The number of nitrogens with zero attached hydrogens (tertiary/aromatic N) is 2. The van der Waals surface area contributed by atoms with Crippen LogP contribution in [0.1, 0.15) is 16.1 Å². The molecular weight excluding hydrogens is 340 g/mol. The summed E-state index contributed by atoms with van der Waals surface area (Å²) >= 11 is 3.52. The van der Waals surface area contributed by atoms with Gasteiger partial charge in [0.2, 0.25) is 0 Å². The number of benzene rings is 1. The van der Waals surface area contributed by atoms with Crippen LogP contribution in [0.4, 0.5) is 0 Å². The van der Waals surface area contributed by atoms with E-state index in [-0.39, 0.29) is 5.69 Å². The summed E-state index contributed by atoms with van der Waals surface area (Å²) < 4.78 is 13.6. The molecule has 7 heteroatoms. The maximum absolute atomic E-state index is 11.1. The second kappa shape index (κ2) is 5.07. The van der Waals surface area contributed by atoms with Crippen molar-refractivity contribution < 1.29 is 19.4 Å². The van der Waals surface area contributed by atoms with Gasteiger partial charge in [0.1, 0.15) is 13.2 Å². The minimum Gasteiger partial charge on any atom is -0.486 e. The molecule has 21 heavy (non-hydrogen) atoms. The lowest BCUT2D eigenvalue weighted by molar-refractivity contribution is 0.0689. The molecule has 1 N–H and O–H groups in total. The number of carboxylic acid groups (broad SMARTS) is 1. The third kappa shape index (κ3) is 2.27. The highest BCUT2D eigenvalue weighted by Gasteiger charge is 2.23. The highest BCUT2D eigenvalue weighted by molar-refractivity contribution is 9.10. The van der Waals surface area contributed by atoms with Crippen LogP contribution in [0.3, 0.4) is 0 Å². The van der Waals surface area contributed by atoms with Crippen LogP contribution in [-0.4, -0.2) is 34.1 Å². The molecule has 0 fully saturated rings. The predicted octanol–water partition coefficient (Wildman–Crippen LogP) is 2.63. The quantitative estimate of drug-likeness (QED) is 0.899. The number of carboxylic acids is 1. The van der Waals surface area contributed by atoms with Crippen molar-refractivity contribution in [2.75, 3.05) is 13.2 Å². The highest BCUT2D eigenvalue weighted by Crippen LogP contribution is 2.44. The van der Waals surface area contributed by atoms with Crippen LogP contribution in [0.5, 0.6) is 11.5 Å². The summed E-state index contributed by atoms with van der Waals surface area (Å²) in [6.45, 7) is 2.94. The minimum atomic E-state index is -1.05. The Morgan fingerprint density at radius 1 is 1.38 bits per heavy atom. The molecule has 1 aliphatic heterocycles. The van der Waals surface area contributed by atoms with Gasteiger partial charge in [-0.25, -0.2) is 4.79 Å². The van der Waals surface area contributed by atoms with Gasteiger partial charge in [-0.3, -0.25) is 4.68 Å². The molecule has 6 nitrogen and oxygen atoms in total. The number of aryl methyl sites for hydroxylation is 1. The van der Waals surface area contributed by atoms with Crippen molar-refractivity contribution >= 4 is 21.9 Å². The molecule has 0 atom stereocenters. The van der Waals surface area contributed by atoms with Gasteiger partial charge in [0.15, 0.2) is 17.2 Å². The van der Waals surface area contributed by atoms with Crippen molar-refractivity contribution in [3.8, 4) is 22.8 Å². The average molecular weight is 353 g/mol. The van der Waals surface area contributed by atoms with Crippen LogP contribution in [0, 0.1) is 6.92 Å². The summed E-state index contributed by atoms with van der Waals surface area (Å²) in [5, 5.41) is 13.1. The Morgan fingerprint density at radius 2 is 2.10 bits per heavy atom. The van der Waals surface area contributed by atoms with Gasteiger partial charge in [-0.1, -0.05) is 0 Å². The number of aromatic carboxylic acids is 1. The molecule has 0 radical (unpaired) electrons. The van der Waals surface area contributed by atoms with E-state index >= 15 is 0 Å². The van der Waals surface area contributed by atoms with Crippen molar-refractivity contribution in [1.82, 2.24) is 9.78 Å². The van der Waals surface area contributed by atoms with Crippen molar-refractivity contribution in [1.29, 1.82) is 0 Å². The van der Waals surface area contributed by atoms with Crippen LogP contribution in [-0.2, 0) is 7.05 Å². The number of hydrogen-bond acceptors (Lipinski definition) is 4. The first-order valence-corrected chi connectivity index (χ1v) is 7.14. The van der Waals surface area contributed by atoms with Gasteiger partial charge < -0.3 is 14.6 Å². The van der Waals surface area contributed by atoms with Gasteiger partial charge in [0.25, 0.3) is 0 Å². The van der Waals surface area contributed by atoms with Crippen molar-refractivity contribution in [2.24, 2.45) is 7.05 Å². The Hall–Kier alpha value is -2.02. The molecule has 0 saturated carbocycles. The lowest BCUT2D eigenvalue weighted by Crippen LogP contribution is -2.16. The van der Waals surface area contributed by atoms with Crippen LogP contribution in [0.2, 0.25) is 0 Å². The minimum absolute atomic E-state index is 0.00805. The van der Waals surface area contributed by atoms with Crippen LogP contribution in [0.25, 0.3) is 11.3 Å². The number of ether oxygens (including phenoxy) is 2. The molecule has 0 amide bonds. The molecular formula is C14H13BrN2O4. The van der Waals surface area contributed by atoms with Gasteiger partial charge in [0.05, 0.1) is 5.69 Å². The highest BCUT2D eigenvalue weighted by atomic mass is 79.9. The summed E-state index contributed by atoms with van der Waals surface area (Å²) in [7, 11) is 1.71. The van der Waals surface area contributed by atoms with E-state index in [0.717, 1.165) is 15.6 Å². The van der Waals surface area contributed by atoms with Crippen molar-refractivity contribution in [3.05, 3.63) is 27.9 Å². The molecule has 1 aromatic carbocycles. The number of fused-ring (bicyclic) bond motifs is 1. The zero-order valence-electron chi connectivity index (χ0n) is 11.5. The Bertz CT molecular complexity index is 739. The molecule has 110 valence electrons. The average Bonchev–Trinajstić information content (AvgIpc) is 2.81. The molecule has 0 unspecified atom stereocenters. The second-order valence-corrected chi connectivity index (χ2v) is 5.58. The van der Waals surface area contributed by atoms with Gasteiger partial charge in [-0.15, -0.1) is 0 Å². The van der Waals surface area contributed by atoms with Crippen molar-refractivity contribution in [3.63, 3.8) is 0 Å². The Kier molecular flexibility index (Phi) is 3.36. The summed E-state index contributed by atoms with van der Waals surface area (Å²) in [6, 6.07) is 3.38. The summed E-state index contributed by atoms with van der Waals surface area (Å²) in [5.74, 6) is 0.329. The first-order chi connectivity index (χ1) is 9.99. The third-order valence-corrected chi connectivity index (χ3v) is 4.00. The molecule has 1 aromatic heterocycles. The summed E-state index contributed by atoms with van der Waals surface area (Å²) in [4.78, 5) is 11.1. The summed E-state index contributed by atoms with van der Waals surface area (Å²) in [6.07, 6.45) is 0. The van der Waals surface area contributed by atoms with E-state index in [2.05, 4.69) is 21.0 Å². The largest absolute Gasteiger partial charge is 0.486 e. The van der Waals surface area contributed by atoms with E-state index in [4.69, 9.17) is 14.6 Å². The zero-order valence-corrected chi connectivity index (χ0v) is 13.1.